The van der Waals surface area contributed by atoms with Crippen LogP contribution in [0.25, 0.3) is 27.0 Å². The number of piperidine rings is 1. The molecule has 5 aromatic rings. The molecule has 2 saturated heterocycles. The number of aliphatic hydroxyl groups excluding tert-OH is 1. The fourth-order valence-electron chi connectivity index (χ4n) is 13.0. The molecular formula is C59H75BrN8O5S. The molecule has 3 aliphatic heterocycles. The van der Waals surface area contributed by atoms with Crippen LogP contribution in [-0.4, -0.2) is 117 Å². The molecule has 394 valence electrons. The summed E-state index contributed by atoms with van der Waals surface area (Å²) < 4.78 is 3.07. The van der Waals surface area contributed by atoms with Crippen LogP contribution in [0.15, 0.2) is 75.4 Å². The summed E-state index contributed by atoms with van der Waals surface area (Å²) in [4.78, 5) is 72.9. The number of hydrogen-bond donors (Lipinski definition) is 3. The summed E-state index contributed by atoms with van der Waals surface area (Å²) in [5.41, 5.74) is 8.25. The number of β-amino-alcohol motifs (C(OH)–C–C–N with tert-alkyl or cyclic N) is 1. The standard InChI is InChI=1S/C59H75BrN8O5S/c1-37-50(74-36-61-37)40-19-17-39(18-20-40)45(62-52(70)48-33-42(69)34-67(48)54(72)51(57(2,3)4)63-56(73)58(27-28-58)35-65(5)6)15-9-7-12-29-66-30-23-38(24-31-66)41-21-22-46-43(32-41)59(25-10-8-11-26-59)55-64-53(71)49-44(60)14-13-16-47(49)68(46)55/h13-14,16-22,32,36,38,42,45,48,51,69H,7-12,15,23-31,33-35H2,1-6H3,(H,62,70)(H,63,73)/t42-,45+,48+,51-/m1/s1. The van der Waals surface area contributed by atoms with Crippen LogP contribution in [0.4, 0.5) is 0 Å². The van der Waals surface area contributed by atoms with Crippen molar-refractivity contribution in [3.8, 4) is 16.1 Å². The predicted octanol–water partition coefficient (Wildman–Crippen LogP) is 9.58. The lowest BCUT2D eigenvalue weighted by Crippen LogP contribution is -2.59. The first-order valence-corrected chi connectivity index (χ1v) is 29.0. The molecule has 1 spiro atoms. The molecule has 0 unspecified atom stereocenters. The lowest BCUT2D eigenvalue weighted by Gasteiger charge is -2.36. The number of nitrogens with zero attached hydrogens (tertiary/aromatic N) is 6. The molecule has 3 N–H and O–H groups in total. The van der Waals surface area contributed by atoms with Crippen LogP contribution < -0.4 is 16.2 Å². The highest BCUT2D eigenvalue weighted by atomic mass is 79.9. The van der Waals surface area contributed by atoms with Gasteiger partial charge in [0.05, 0.1) is 55.6 Å². The molecule has 13 nitrogen and oxygen atoms in total. The van der Waals surface area contributed by atoms with Gasteiger partial charge in [-0.25, -0.2) is 4.98 Å². The number of unbranched alkanes of at least 4 members (excludes halogenated alkanes) is 2. The summed E-state index contributed by atoms with van der Waals surface area (Å²) in [5, 5.41) is 18.1. The van der Waals surface area contributed by atoms with E-state index in [1.165, 1.54) is 28.1 Å². The highest BCUT2D eigenvalue weighted by Crippen LogP contribution is 2.53. The number of benzene rings is 3. The second kappa shape index (κ2) is 21.3. The Balaban J connectivity index is 0.780. The van der Waals surface area contributed by atoms with Gasteiger partial charge in [0, 0.05) is 24.0 Å². The van der Waals surface area contributed by atoms with Gasteiger partial charge in [-0.1, -0.05) is 95.3 Å². The molecule has 4 atom stereocenters. The summed E-state index contributed by atoms with van der Waals surface area (Å²) in [6.45, 7) is 11.6. The Morgan fingerprint density at radius 2 is 1.69 bits per heavy atom. The molecule has 0 bridgehead atoms. The van der Waals surface area contributed by atoms with Crippen LogP contribution in [-0.2, 0) is 19.8 Å². The van der Waals surface area contributed by atoms with E-state index in [0.29, 0.717) is 17.8 Å². The van der Waals surface area contributed by atoms with Crippen molar-refractivity contribution in [3.63, 3.8) is 0 Å². The third-order valence-corrected chi connectivity index (χ3v) is 18.8. The number of aryl methyl sites for hydroxylation is 1. The number of halogens is 1. The number of likely N-dealkylation sites (tertiary alicyclic amines) is 2. The third kappa shape index (κ3) is 10.4. The maximum absolute atomic E-state index is 14.5. The first-order chi connectivity index (χ1) is 35.5. The van der Waals surface area contributed by atoms with Gasteiger partial charge in [0.2, 0.25) is 17.7 Å². The molecule has 5 aliphatic rings. The normalized spacial score (nSPS) is 21.2. The fraction of sp³-hybridized carbons (Fsp3) is 0.559. The van der Waals surface area contributed by atoms with Crippen molar-refractivity contribution in [2.75, 3.05) is 46.8 Å². The molecule has 2 saturated carbocycles. The number of hydrogen-bond acceptors (Lipinski definition) is 10. The quantitative estimate of drug-likeness (QED) is 0.0821. The summed E-state index contributed by atoms with van der Waals surface area (Å²) in [6, 6.07) is 19.5. The average Bonchev–Trinajstić information content (AvgIpc) is 3.73. The summed E-state index contributed by atoms with van der Waals surface area (Å²) in [7, 11) is 3.91. The zero-order valence-electron chi connectivity index (χ0n) is 44.2. The SMILES string of the molecule is Cc1ncsc1-c1ccc([C@H](CCCCCN2CCC(c3ccc4c(c3)C3(CCCCC3)c3nc(=O)c5c(Br)cccc5n3-4)CC2)NC(=O)[C@@H]2C[C@@H](O)CN2C(=O)[C@@H](NC(=O)C2(CN(C)C)CC2)C(C)(C)C)cc1. The Kier molecular flexibility index (Phi) is 15.2. The van der Waals surface area contributed by atoms with Gasteiger partial charge in [0.1, 0.15) is 17.9 Å². The number of aromatic nitrogens is 3. The number of rotatable bonds is 16. The third-order valence-electron chi connectivity index (χ3n) is 17.1. The number of carbonyl (C=O) groups excluding carboxylic acids is 3. The van der Waals surface area contributed by atoms with Crippen molar-refractivity contribution in [1.82, 2.24) is 39.9 Å². The summed E-state index contributed by atoms with van der Waals surface area (Å²) >= 11 is 5.26. The van der Waals surface area contributed by atoms with E-state index in [1.54, 1.807) is 11.3 Å². The first-order valence-electron chi connectivity index (χ1n) is 27.3. The van der Waals surface area contributed by atoms with Crippen LogP contribution >= 0.6 is 27.3 Å². The molecule has 0 radical (unpaired) electrons. The van der Waals surface area contributed by atoms with Crippen LogP contribution in [0, 0.1) is 17.8 Å². The van der Waals surface area contributed by atoms with Gasteiger partial charge < -0.3 is 30.4 Å². The van der Waals surface area contributed by atoms with Gasteiger partial charge in [-0.2, -0.15) is 4.98 Å². The number of carbonyl (C=O) groups is 3. The zero-order valence-corrected chi connectivity index (χ0v) is 46.6. The topological polar surface area (TPSA) is 153 Å². The Bertz CT molecular complexity index is 2950. The van der Waals surface area contributed by atoms with Gasteiger partial charge in [-0.3, -0.25) is 23.7 Å². The van der Waals surface area contributed by atoms with Crippen molar-refractivity contribution in [2.24, 2.45) is 10.8 Å². The van der Waals surface area contributed by atoms with Crippen LogP contribution in [0.2, 0.25) is 0 Å². The minimum Gasteiger partial charge on any atom is -0.391 e. The lowest BCUT2D eigenvalue weighted by molar-refractivity contribution is -0.145. The minimum atomic E-state index is -0.868. The van der Waals surface area contributed by atoms with Crippen molar-refractivity contribution >= 4 is 55.9 Å². The minimum absolute atomic E-state index is 0.0347. The van der Waals surface area contributed by atoms with Crippen molar-refractivity contribution in [2.45, 2.75) is 153 Å². The van der Waals surface area contributed by atoms with Crippen molar-refractivity contribution in [3.05, 3.63) is 109 Å². The van der Waals surface area contributed by atoms with E-state index < -0.39 is 29.0 Å². The Labute approximate surface area is 449 Å². The maximum atomic E-state index is 14.5. The number of thiazole rings is 1. The number of aliphatic hydroxyl groups is 1. The highest BCUT2D eigenvalue weighted by molar-refractivity contribution is 9.10. The van der Waals surface area contributed by atoms with Gasteiger partial charge >= 0.3 is 0 Å². The van der Waals surface area contributed by atoms with Crippen LogP contribution in [0.3, 0.4) is 0 Å². The molecule has 15 heteroatoms. The second-order valence-electron chi connectivity index (χ2n) is 23.7. The number of nitrogens with one attached hydrogen (secondary N) is 2. The van der Waals surface area contributed by atoms with Crippen LogP contribution in [0.1, 0.15) is 151 Å². The van der Waals surface area contributed by atoms with E-state index in [9.17, 15) is 24.3 Å². The Morgan fingerprint density at radius 1 is 0.946 bits per heavy atom. The van der Waals surface area contributed by atoms with Crippen molar-refractivity contribution < 1.29 is 19.5 Å². The molecule has 74 heavy (non-hydrogen) atoms. The molecule has 4 fully saturated rings. The van der Waals surface area contributed by atoms with Gasteiger partial charge in [-0.05, 0) is 160 Å². The summed E-state index contributed by atoms with van der Waals surface area (Å²) in [6.07, 6.45) is 12.3. The van der Waals surface area contributed by atoms with E-state index in [1.807, 2.05) is 64.3 Å². The van der Waals surface area contributed by atoms with Crippen molar-refractivity contribution in [1.29, 1.82) is 0 Å². The molecule has 3 amide bonds. The predicted molar refractivity (Wildman–Crippen MR) is 297 cm³/mol. The highest BCUT2D eigenvalue weighted by Gasteiger charge is 2.53. The second-order valence-corrected chi connectivity index (χ2v) is 25.4. The maximum Gasteiger partial charge on any atom is 0.281 e. The molecule has 2 aliphatic carbocycles. The van der Waals surface area contributed by atoms with E-state index in [-0.39, 0.29) is 47.7 Å². The smallest absolute Gasteiger partial charge is 0.281 e. The molecule has 2 aromatic heterocycles. The Hall–Kier alpha value is -4.80. The number of amides is 3. The number of fused-ring (bicyclic) bond motifs is 7. The van der Waals surface area contributed by atoms with Crippen LogP contribution in [0.5, 0.6) is 0 Å². The van der Waals surface area contributed by atoms with Gasteiger partial charge in [0.25, 0.3) is 5.56 Å². The zero-order chi connectivity index (χ0) is 52.1. The lowest BCUT2D eigenvalue weighted by atomic mass is 9.69. The monoisotopic (exact) mass is 1090 g/mol. The van der Waals surface area contributed by atoms with E-state index in [4.69, 9.17) is 4.98 Å². The van der Waals surface area contributed by atoms with E-state index in [2.05, 4.69) is 89.5 Å². The molecule has 3 aromatic carbocycles. The first kappa shape index (κ1) is 52.6. The van der Waals surface area contributed by atoms with E-state index >= 15 is 0 Å². The fourth-order valence-corrected chi connectivity index (χ4v) is 14.3. The largest absolute Gasteiger partial charge is 0.391 e. The van der Waals surface area contributed by atoms with E-state index in [0.717, 1.165) is 134 Å². The molecule has 10 rings (SSSR count). The van der Waals surface area contributed by atoms with Gasteiger partial charge in [0.15, 0.2) is 0 Å². The average molecular weight is 1090 g/mol. The molecule has 5 heterocycles. The van der Waals surface area contributed by atoms with Gasteiger partial charge in [-0.15, -0.1) is 11.3 Å². The Morgan fingerprint density at radius 3 is 2.36 bits per heavy atom. The summed E-state index contributed by atoms with van der Waals surface area (Å²) in [5.74, 6) is 0.649. The molecular weight excluding hydrogens is 1010 g/mol.